The van der Waals surface area contributed by atoms with Crippen molar-refractivity contribution in [1.82, 2.24) is 5.32 Å². The molecule has 0 unspecified atom stereocenters. The lowest BCUT2D eigenvalue weighted by molar-refractivity contribution is 0.412. The Morgan fingerprint density at radius 1 is 0.852 bits per heavy atom. The van der Waals surface area contributed by atoms with Crippen LogP contribution in [0.5, 0.6) is 5.75 Å². The molecule has 0 bridgehead atoms. The third kappa shape index (κ3) is 4.15. The quantitative estimate of drug-likeness (QED) is 0.468. The molecule has 4 rings (SSSR count). The molecule has 3 aromatic carbocycles. The van der Waals surface area contributed by atoms with Crippen molar-refractivity contribution in [2.45, 2.75) is 18.6 Å². The summed E-state index contributed by atoms with van der Waals surface area (Å²) in [5.41, 5.74) is 4.11. The molecule has 136 valence electrons. The second-order valence-corrected chi connectivity index (χ2v) is 8.35. The predicted molar refractivity (Wildman–Crippen MR) is 116 cm³/mol. The van der Waals surface area contributed by atoms with Crippen LogP contribution < -0.4 is 5.32 Å². The largest absolute Gasteiger partial charge is 0.508 e. The van der Waals surface area contributed by atoms with Crippen molar-refractivity contribution >= 4 is 37.6 Å². The Balaban J connectivity index is 1.75. The minimum absolute atomic E-state index is 0.0176. The molecule has 0 fully saturated rings. The lowest BCUT2D eigenvalue weighted by atomic mass is 9.93. The van der Waals surface area contributed by atoms with Gasteiger partial charge in [-0.2, -0.15) is 0 Å². The van der Waals surface area contributed by atoms with Crippen LogP contribution in [0, 0.1) is 0 Å². The Morgan fingerprint density at radius 2 is 1.48 bits per heavy atom. The fraction of sp³-hybridized carbons (Fsp3) is 0.136. The molecule has 0 saturated carbocycles. The van der Waals surface area contributed by atoms with Crippen LogP contribution in [-0.4, -0.2) is 10.8 Å². The van der Waals surface area contributed by atoms with E-state index in [1.807, 2.05) is 42.5 Å². The van der Waals surface area contributed by atoms with Gasteiger partial charge in [-0.15, -0.1) is 0 Å². The van der Waals surface area contributed by atoms with E-state index in [4.69, 9.17) is 4.99 Å². The number of aliphatic imine (C=N–C) groups is 1. The highest BCUT2D eigenvalue weighted by Gasteiger charge is 2.27. The molecule has 3 aromatic rings. The zero-order chi connectivity index (χ0) is 18.8. The average molecular weight is 486 g/mol. The summed E-state index contributed by atoms with van der Waals surface area (Å²) >= 11 is 6.98. The van der Waals surface area contributed by atoms with Gasteiger partial charge in [0.05, 0.1) is 0 Å². The van der Waals surface area contributed by atoms with Crippen molar-refractivity contribution in [2.75, 3.05) is 0 Å². The average Bonchev–Trinajstić information content (AvgIpc) is 2.69. The minimum Gasteiger partial charge on any atom is -0.508 e. The topological polar surface area (TPSA) is 44.6 Å². The number of aromatic hydroxyl groups is 1. The van der Waals surface area contributed by atoms with Crippen LogP contribution in [0.1, 0.15) is 35.3 Å². The lowest BCUT2D eigenvalue weighted by Gasteiger charge is -2.31. The summed E-state index contributed by atoms with van der Waals surface area (Å²) in [6.07, 6.45) is 0.543. The maximum Gasteiger partial charge on any atom is 0.126 e. The Kier molecular flexibility index (Phi) is 5.43. The molecule has 3 nitrogen and oxygen atoms in total. The summed E-state index contributed by atoms with van der Waals surface area (Å²) in [5, 5.41) is 13.9. The van der Waals surface area contributed by atoms with E-state index in [1.165, 1.54) is 0 Å². The molecule has 0 amide bonds. The van der Waals surface area contributed by atoms with Crippen molar-refractivity contribution < 1.29 is 5.11 Å². The monoisotopic (exact) mass is 484 g/mol. The van der Waals surface area contributed by atoms with Gasteiger partial charge in [-0.1, -0.05) is 74.3 Å². The smallest absolute Gasteiger partial charge is 0.126 e. The number of phenols is 1. The Labute approximate surface area is 175 Å². The first kappa shape index (κ1) is 18.4. The SMILES string of the molecule is Oc1ccccc1[C@@H]1CC(c2ccc(Br)cc2)=N[C@H](c2ccc(Br)cc2)N1. The van der Waals surface area contributed by atoms with Crippen LogP contribution in [0.4, 0.5) is 0 Å². The lowest BCUT2D eigenvalue weighted by Crippen LogP contribution is -2.33. The molecule has 2 N–H and O–H groups in total. The van der Waals surface area contributed by atoms with Crippen LogP contribution in [0.2, 0.25) is 0 Å². The van der Waals surface area contributed by atoms with Crippen LogP contribution in [0.3, 0.4) is 0 Å². The van der Waals surface area contributed by atoms with E-state index in [0.717, 1.165) is 31.3 Å². The summed E-state index contributed by atoms with van der Waals surface area (Å²) in [5.74, 6) is 0.307. The molecule has 1 heterocycles. The molecule has 1 aliphatic heterocycles. The Bertz CT molecular complexity index is 968. The van der Waals surface area contributed by atoms with E-state index in [9.17, 15) is 5.11 Å². The molecule has 5 heteroatoms. The number of phenolic OH excluding ortho intramolecular Hbond substituents is 1. The highest BCUT2D eigenvalue weighted by atomic mass is 79.9. The number of hydrogen-bond acceptors (Lipinski definition) is 3. The van der Waals surface area contributed by atoms with Crippen LogP contribution >= 0.6 is 31.9 Å². The summed E-state index contributed by atoms with van der Waals surface area (Å²) < 4.78 is 2.08. The maximum atomic E-state index is 10.4. The van der Waals surface area contributed by atoms with Crippen molar-refractivity contribution in [1.29, 1.82) is 0 Å². The highest BCUT2D eigenvalue weighted by molar-refractivity contribution is 9.10. The summed E-state index contributed by atoms with van der Waals surface area (Å²) in [7, 11) is 0. The summed E-state index contributed by atoms with van der Waals surface area (Å²) in [6.45, 7) is 0. The molecule has 27 heavy (non-hydrogen) atoms. The summed E-state index contributed by atoms with van der Waals surface area (Å²) in [4.78, 5) is 4.98. The third-order valence-corrected chi connectivity index (χ3v) is 5.77. The predicted octanol–water partition coefficient (Wildman–Crippen LogP) is 6.14. The van der Waals surface area contributed by atoms with Gasteiger partial charge < -0.3 is 5.11 Å². The van der Waals surface area contributed by atoms with Gasteiger partial charge in [-0.3, -0.25) is 10.3 Å². The first-order valence-corrected chi connectivity index (χ1v) is 10.3. The second-order valence-electron chi connectivity index (χ2n) is 6.52. The van der Waals surface area contributed by atoms with Gasteiger partial charge in [-0.05, 0) is 41.5 Å². The van der Waals surface area contributed by atoms with E-state index in [1.54, 1.807) is 6.07 Å². The van der Waals surface area contributed by atoms with Crippen molar-refractivity contribution in [3.63, 3.8) is 0 Å². The number of hydrogen-bond donors (Lipinski definition) is 2. The van der Waals surface area contributed by atoms with Gasteiger partial charge in [0, 0.05) is 32.7 Å². The molecule has 0 aromatic heterocycles. The van der Waals surface area contributed by atoms with E-state index in [2.05, 4.69) is 61.4 Å². The van der Waals surface area contributed by atoms with Gasteiger partial charge in [0.25, 0.3) is 0 Å². The first-order chi connectivity index (χ1) is 13.1. The molecule has 2 atom stereocenters. The van der Waals surface area contributed by atoms with Gasteiger partial charge >= 0.3 is 0 Å². The Hall–Kier alpha value is -1.95. The minimum atomic E-state index is -0.171. The maximum absolute atomic E-state index is 10.4. The fourth-order valence-electron chi connectivity index (χ4n) is 3.32. The highest BCUT2D eigenvalue weighted by Crippen LogP contribution is 2.34. The van der Waals surface area contributed by atoms with Crippen molar-refractivity contribution in [2.24, 2.45) is 4.99 Å². The van der Waals surface area contributed by atoms with E-state index >= 15 is 0 Å². The van der Waals surface area contributed by atoms with E-state index in [0.29, 0.717) is 12.2 Å². The van der Waals surface area contributed by atoms with E-state index in [-0.39, 0.29) is 12.2 Å². The number of nitrogens with one attached hydrogen (secondary N) is 1. The van der Waals surface area contributed by atoms with E-state index < -0.39 is 0 Å². The standard InChI is InChI=1S/C22H18Br2N2O/c23-16-9-5-14(6-10-16)19-13-20(18-3-1-2-4-21(18)27)26-22(25-19)15-7-11-17(24)12-8-15/h1-12,20,22,26-27H,13H2/t20-,22-/m0/s1. The Morgan fingerprint density at radius 3 is 2.15 bits per heavy atom. The number of benzene rings is 3. The number of para-hydroxylation sites is 1. The molecule has 0 saturated heterocycles. The van der Waals surface area contributed by atoms with Gasteiger partial charge in [0.2, 0.25) is 0 Å². The zero-order valence-electron chi connectivity index (χ0n) is 14.4. The van der Waals surface area contributed by atoms with Gasteiger partial charge in [0.15, 0.2) is 0 Å². The normalized spacial score (nSPS) is 19.6. The van der Waals surface area contributed by atoms with Crippen molar-refractivity contribution in [3.8, 4) is 5.75 Å². The second kappa shape index (κ2) is 7.97. The number of rotatable bonds is 3. The van der Waals surface area contributed by atoms with Gasteiger partial charge in [0.1, 0.15) is 11.9 Å². The zero-order valence-corrected chi connectivity index (χ0v) is 17.6. The summed E-state index contributed by atoms with van der Waals surface area (Å²) in [6, 6.07) is 23.9. The van der Waals surface area contributed by atoms with Crippen LogP contribution in [-0.2, 0) is 0 Å². The fourth-order valence-corrected chi connectivity index (χ4v) is 3.85. The molecule has 0 spiro atoms. The van der Waals surface area contributed by atoms with Gasteiger partial charge in [-0.25, -0.2) is 0 Å². The molecule has 1 aliphatic rings. The first-order valence-electron chi connectivity index (χ1n) is 8.72. The number of halogens is 2. The molecular weight excluding hydrogens is 468 g/mol. The number of nitrogens with zero attached hydrogens (tertiary/aromatic N) is 1. The molecule has 0 radical (unpaired) electrons. The third-order valence-electron chi connectivity index (χ3n) is 4.72. The molecular formula is C22H18Br2N2O. The van der Waals surface area contributed by atoms with Crippen molar-refractivity contribution in [3.05, 3.63) is 98.4 Å². The van der Waals surface area contributed by atoms with Crippen LogP contribution in [0.25, 0.3) is 0 Å². The van der Waals surface area contributed by atoms with Crippen LogP contribution in [0.15, 0.2) is 86.7 Å². The molecule has 0 aliphatic carbocycles.